The second-order valence-corrected chi connectivity index (χ2v) is 12.3. The molecule has 0 bridgehead atoms. The van der Waals surface area contributed by atoms with Crippen molar-refractivity contribution in [2.75, 3.05) is 13.7 Å². The molecule has 3 heterocycles. The molecule has 0 atom stereocenters. The number of hydrogen-bond acceptors (Lipinski definition) is 5. The van der Waals surface area contributed by atoms with Gasteiger partial charge < -0.3 is 18.8 Å². The molecule has 52 heavy (non-hydrogen) atoms. The molecule has 0 saturated heterocycles. The molecule has 0 saturated carbocycles. The zero-order valence-electron chi connectivity index (χ0n) is 28.1. The number of carbonyl (C=O) groups is 1. The fraction of sp³-hybridized carbons (Fsp3) is 0.231. The molecule has 0 spiro atoms. The Kier molecular flexibility index (Phi) is 10.9. The van der Waals surface area contributed by atoms with Crippen LogP contribution in [0.15, 0.2) is 108 Å². The number of imidazole rings is 1. The number of aryl methyl sites for hydroxylation is 2. The van der Waals surface area contributed by atoms with E-state index in [9.17, 15) is 31.5 Å². The topological polar surface area (TPSA) is 82.2 Å². The molecule has 0 N–H and O–H groups in total. The van der Waals surface area contributed by atoms with Gasteiger partial charge in [0.15, 0.2) is 17.1 Å². The molecule has 0 aliphatic rings. The van der Waals surface area contributed by atoms with Gasteiger partial charge in [0.25, 0.3) is 0 Å². The fourth-order valence-electron chi connectivity index (χ4n) is 5.98. The predicted octanol–water partition coefficient (Wildman–Crippen LogP) is 7.22. The minimum atomic E-state index is -4.43. The van der Waals surface area contributed by atoms with Crippen molar-refractivity contribution in [1.82, 2.24) is 24.0 Å². The van der Waals surface area contributed by atoms with Crippen LogP contribution in [0.5, 0.6) is 0 Å². The lowest BCUT2D eigenvalue weighted by molar-refractivity contribution is -0.137. The number of rotatable bonds is 13. The third-order valence-corrected chi connectivity index (χ3v) is 8.75. The van der Waals surface area contributed by atoms with Crippen molar-refractivity contribution >= 4 is 16.9 Å². The summed E-state index contributed by atoms with van der Waals surface area (Å²) in [5, 5.41) is 0.304. The maximum absolute atomic E-state index is 14.5. The Labute approximate surface area is 295 Å². The van der Waals surface area contributed by atoms with Crippen molar-refractivity contribution < 1.29 is 31.5 Å². The van der Waals surface area contributed by atoms with Crippen LogP contribution in [0.2, 0.25) is 0 Å². The highest BCUT2D eigenvalue weighted by molar-refractivity contribution is 5.80. The van der Waals surface area contributed by atoms with E-state index in [4.69, 9.17) is 4.74 Å². The summed E-state index contributed by atoms with van der Waals surface area (Å²) in [7, 11) is 1.60. The number of carbonyl (C=O) groups excluding carboxylic acids is 1. The van der Waals surface area contributed by atoms with Crippen LogP contribution in [0.1, 0.15) is 28.1 Å². The molecule has 0 radical (unpaired) electrons. The number of pyridine rings is 2. The number of benzene rings is 3. The summed E-state index contributed by atoms with van der Waals surface area (Å²) in [6, 6.07) is 20.6. The number of hydrogen-bond donors (Lipinski definition) is 0. The van der Waals surface area contributed by atoms with Gasteiger partial charge in [0, 0.05) is 44.4 Å². The van der Waals surface area contributed by atoms with Gasteiger partial charge in [-0.2, -0.15) is 13.2 Å². The van der Waals surface area contributed by atoms with Crippen molar-refractivity contribution in [2.24, 2.45) is 0 Å². The van der Waals surface area contributed by atoms with E-state index in [-0.39, 0.29) is 55.0 Å². The molecule has 3 aromatic heterocycles. The van der Waals surface area contributed by atoms with Crippen molar-refractivity contribution in [3.8, 4) is 11.1 Å². The van der Waals surface area contributed by atoms with Gasteiger partial charge in [0.2, 0.25) is 5.91 Å². The molecule has 0 aliphatic carbocycles. The van der Waals surface area contributed by atoms with E-state index >= 15 is 0 Å². The number of alkyl halides is 3. The second kappa shape index (κ2) is 15.7. The SMILES string of the molecule is COCCn1cnc(CN(Cc2ccc(-c3ccc(C(F)(F)F)cc3)cc2)C(=O)Cn2c(CCc3cccc(F)c3F)cc(=O)c3cccnc32)c1. The highest BCUT2D eigenvalue weighted by atomic mass is 19.4. The van der Waals surface area contributed by atoms with Gasteiger partial charge in [-0.3, -0.25) is 9.59 Å². The van der Waals surface area contributed by atoms with Gasteiger partial charge in [-0.1, -0.05) is 48.5 Å². The van der Waals surface area contributed by atoms with E-state index in [2.05, 4.69) is 9.97 Å². The Balaban J connectivity index is 1.30. The maximum atomic E-state index is 14.5. The largest absolute Gasteiger partial charge is 0.416 e. The molecule has 8 nitrogen and oxygen atoms in total. The lowest BCUT2D eigenvalue weighted by Crippen LogP contribution is -2.34. The highest BCUT2D eigenvalue weighted by Gasteiger charge is 2.30. The van der Waals surface area contributed by atoms with Crippen LogP contribution in [-0.2, 0) is 54.7 Å². The van der Waals surface area contributed by atoms with Crippen LogP contribution in [0, 0.1) is 11.6 Å². The Morgan fingerprint density at radius 2 is 1.62 bits per heavy atom. The predicted molar refractivity (Wildman–Crippen MR) is 185 cm³/mol. The molecule has 0 unspecified atom stereocenters. The fourth-order valence-corrected chi connectivity index (χ4v) is 5.98. The van der Waals surface area contributed by atoms with Crippen LogP contribution in [0.3, 0.4) is 0 Å². The van der Waals surface area contributed by atoms with E-state index in [0.717, 1.165) is 23.8 Å². The van der Waals surface area contributed by atoms with Crippen molar-refractivity contribution in [1.29, 1.82) is 0 Å². The molecular weight excluding hydrogens is 681 g/mol. The monoisotopic (exact) mass is 715 g/mol. The molecule has 6 aromatic rings. The molecule has 13 heteroatoms. The molecule has 268 valence electrons. The van der Waals surface area contributed by atoms with E-state index in [0.29, 0.717) is 41.1 Å². The van der Waals surface area contributed by atoms with Crippen molar-refractivity contribution in [2.45, 2.75) is 45.2 Å². The van der Waals surface area contributed by atoms with E-state index < -0.39 is 23.4 Å². The molecule has 6 rings (SSSR count). The lowest BCUT2D eigenvalue weighted by Gasteiger charge is -2.24. The second-order valence-electron chi connectivity index (χ2n) is 12.3. The Morgan fingerprint density at radius 3 is 2.33 bits per heavy atom. The normalized spacial score (nSPS) is 11.7. The van der Waals surface area contributed by atoms with Gasteiger partial charge in [-0.05, 0) is 65.4 Å². The number of nitrogens with zero attached hydrogens (tertiary/aromatic N) is 5. The van der Waals surface area contributed by atoms with E-state index in [1.807, 2.05) is 10.8 Å². The van der Waals surface area contributed by atoms with Crippen LogP contribution >= 0.6 is 0 Å². The average Bonchev–Trinajstić information content (AvgIpc) is 3.59. The third kappa shape index (κ3) is 8.43. The first-order valence-electron chi connectivity index (χ1n) is 16.4. The van der Waals surface area contributed by atoms with Crippen LogP contribution in [-0.4, -0.2) is 43.6 Å². The highest BCUT2D eigenvalue weighted by Crippen LogP contribution is 2.31. The number of fused-ring (bicyclic) bond motifs is 1. The Morgan fingerprint density at radius 1 is 0.885 bits per heavy atom. The molecular formula is C39H34F5N5O3. The maximum Gasteiger partial charge on any atom is 0.416 e. The number of methoxy groups -OCH3 is 1. The van der Waals surface area contributed by atoms with Crippen molar-refractivity contribution in [3.05, 3.63) is 154 Å². The van der Waals surface area contributed by atoms with E-state index in [1.54, 1.807) is 59.3 Å². The molecule has 3 aromatic carbocycles. The zero-order chi connectivity index (χ0) is 36.8. The first-order valence-corrected chi connectivity index (χ1v) is 16.4. The Hall–Kier alpha value is -5.69. The summed E-state index contributed by atoms with van der Waals surface area (Å²) in [5.74, 6) is -2.27. The average molecular weight is 716 g/mol. The van der Waals surface area contributed by atoms with Gasteiger partial charge in [0.05, 0.1) is 36.1 Å². The minimum Gasteiger partial charge on any atom is -0.383 e. The van der Waals surface area contributed by atoms with Crippen LogP contribution in [0.25, 0.3) is 22.2 Å². The minimum absolute atomic E-state index is 0.0729. The first kappa shape index (κ1) is 36.1. The van der Waals surface area contributed by atoms with Crippen LogP contribution in [0.4, 0.5) is 22.0 Å². The van der Waals surface area contributed by atoms with Gasteiger partial charge in [-0.15, -0.1) is 0 Å². The molecule has 0 aliphatic heterocycles. The summed E-state index contributed by atoms with van der Waals surface area (Å²) >= 11 is 0. The summed E-state index contributed by atoms with van der Waals surface area (Å²) in [6.07, 6.45) is 0.756. The van der Waals surface area contributed by atoms with E-state index in [1.165, 1.54) is 36.5 Å². The number of ether oxygens (including phenoxy) is 1. The summed E-state index contributed by atoms with van der Waals surface area (Å²) in [4.78, 5) is 37.9. The van der Waals surface area contributed by atoms with Gasteiger partial charge in [0.1, 0.15) is 12.2 Å². The zero-order valence-corrected chi connectivity index (χ0v) is 28.1. The smallest absolute Gasteiger partial charge is 0.383 e. The number of amides is 1. The van der Waals surface area contributed by atoms with Gasteiger partial charge in [-0.25, -0.2) is 18.7 Å². The molecule has 0 fully saturated rings. The number of halogens is 5. The summed E-state index contributed by atoms with van der Waals surface area (Å²) < 4.78 is 76.4. The van der Waals surface area contributed by atoms with Crippen molar-refractivity contribution in [3.63, 3.8) is 0 Å². The third-order valence-electron chi connectivity index (χ3n) is 8.75. The lowest BCUT2D eigenvalue weighted by atomic mass is 10.0. The standard InChI is InChI=1S/C39H34F5N5O3/c1-52-19-18-47-22-31(46-25-47)23-48(21-26-7-9-27(10-8-26)28-11-14-30(15-12-28)39(42,43)44)36(51)24-49-32(16-13-29-4-2-6-34(40)37(29)41)20-35(50)33-5-3-17-45-38(33)49/h2-12,14-15,17,20,22,25H,13,16,18-19,21,23-24H2,1H3. The van der Waals surface area contributed by atoms with Crippen LogP contribution < -0.4 is 5.43 Å². The number of aromatic nitrogens is 4. The molecule has 1 amide bonds. The van der Waals surface area contributed by atoms with Gasteiger partial charge >= 0.3 is 6.18 Å². The summed E-state index contributed by atoms with van der Waals surface area (Å²) in [5.41, 5.74) is 2.49. The quantitative estimate of drug-likeness (QED) is 0.118. The Bertz CT molecular complexity index is 2230. The first-order chi connectivity index (χ1) is 25.0. The summed E-state index contributed by atoms with van der Waals surface area (Å²) in [6.45, 7) is 1.11.